The van der Waals surface area contributed by atoms with Gasteiger partial charge in [-0.15, -0.1) is 0 Å². The monoisotopic (exact) mass is 369 g/mol. The van der Waals surface area contributed by atoms with Gasteiger partial charge in [-0.2, -0.15) is 0 Å². The number of amides is 1. The molecule has 0 aromatic heterocycles. The van der Waals surface area contributed by atoms with Gasteiger partial charge in [0.25, 0.3) is 0 Å². The molecule has 0 bridgehead atoms. The van der Waals surface area contributed by atoms with E-state index in [1.165, 1.54) is 0 Å². The molecule has 2 aromatic carbocycles. The van der Waals surface area contributed by atoms with E-state index in [1.54, 1.807) is 6.21 Å². The van der Waals surface area contributed by atoms with E-state index in [9.17, 15) is 4.79 Å². The van der Waals surface area contributed by atoms with Crippen molar-refractivity contribution >= 4 is 41.0 Å². The number of carbonyl (C=O) groups excluding carboxylic acids is 1. The summed E-state index contributed by atoms with van der Waals surface area (Å²) in [5.74, 6) is 0. The number of nitrogens with zero attached hydrogens (tertiary/aromatic N) is 1. The van der Waals surface area contributed by atoms with Crippen LogP contribution < -0.4 is 10.6 Å². The van der Waals surface area contributed by atoms with E-state index in [4.69, 9.17) is 17.0 Å². The van der Waals surface area contributed by atoms with Gasteiger partial charge < -0.3 is 10.1 Å². The molecule has 0 aliphatic rings. The highest BCUT2D eigenvalue weighted by Gasteiger charge is 2.07. The summed E-state index contributed by atoms with van der Waals surface area (Å²) in [5.41, 5.74) is 2.42. The Labute approximate surface area is 159 Å². The maximum atomic E-state index is 11.7. The number of nitrogens with one attached hydrogen (secondary N) is 2. The smallest absolute Gasteiger partial charge is 0.413 e. The quantitative estimate of drug-likeness (QED) is 0.407. The molecule has 0 aliphatic heterocycles. The van der Waals surface area contributed by atoms with E-state index in [-0.39, 0.29) is 5.11 Å². The summed E-state index contributed by atoms with van der Waals surface area (Å²) < 4.78 is 5.08. The highest BCUT2D eigenvalue weighted by Crippen LogP contribution is 2.24. The lowest BCUT2D eigenvalue weighted by Crippen LogP contribution is -2.34. The van der Waals surface area contributed by atoms with Crippen molar-refractivity contribution in [3.63, 3.8) is 0 Å². The van der Waals surface area contributed by atoms with Gasteiger partial charge in [0.2, 0.25) is 0 Å². The van der Waals surface area contributed by atoms with Crippen molar-refractivity contribution in [2.24, 2.45) is 4.99 Å². The summed E-state index contributed by atoms with van der Waals surface area (Å²) >= 11 is 5.18. The Morgan fingerprint density at radius 2 is 1.85 bits per heavy atom. The van der Waals surface area contributed by atoms with Gasteiger partial charge in [0.15, 0.2) is 5.11 Å². The molecule has 26 heavy (non-hydrogen) atoms. The number of benzene rings is 2. The highest BCUT2D eigenvalue weighted by molar-refractivity contribution is 7.80. The van der Waals surface area contributed by atoms with Crippen LogP contribution in [0.3, 0.4) is 0 Å². The Balaban J connectivity index is 1.91. The van der Waals surface area contributed by atoms with Crippen LogP contribution >= 0.6 is 12.2 Å². The van der Waals surface area contributed by atoms with Crippen LogP contribution in [0, 0.1) is 0 Å². The maximum Gasteiger partial charge on any atom is 0.413 e. The van der Waals surface area contributed by atoms with Gasteiger partial charge in [0.1, 0.15) is 0 Å². The predicted octanol–water partition coefficient (Wildman–Crippen LogP) is 5.05. The standard InChI is InChI=1S/C20H23N3O2S/c1-2-3-9-14-25-20(24)23-19(26)22-18-13-8-7-12-17(18)21-15-16-10-5-4-6-11-16/h4-8,10-13,15H,2-3,9,14H2,1H3,(H2,22,23,24,26)/b21-15+. The summed E-state index contributed by atoms with van der Waals surface area (Å²) in [6, 6.07) is 17.3. The van der Waals surface area contributed by atoms with Crippen molar-refractivity contribution < 1.29 is 9.53 Å². The second-order valence-corrected chi connectivity index (χ2v) is 6.02. The molecular weight excluding hydrogens is 346 g/mol. The Morgan fingerprint density at radius 1 is 1.12 bits per heavy atom. The van der Waals surface area contributed by atoms with Crippen molar-refractivity contribution in [3.8, 4) is 0 Å². The molecule has 0 saturated heterocycles. The zero-order chi connectivity index (χ0) is 18.6. The van der Waals surface area contributed by atoms with Gasteiger partial charge in [0, 0.05) is 6.21 Å². The normalized spacial score (nSPS) is 10.5. The molecule has 2 aromatic rings. The third-order valence-electron chi connectivity index (χ3n) is 3.50. The molecule has 2 N–H and O–H groups in total. The first kappa shape index (κ1) is 19.6. The number of ether oxygens (including phenoxy) is 1. The predicted molar refractivity (Wildman–Crippen MR) is 110 cm³/mol. The number of unbranched alkanes of at least 4 members (excludes halogenated alkanes) is 2. The minimum absolute atomic E-state index is 0.174. The van der Waals surface area contributed by atoms with Crippen LogP contribution in [0.5, 0.6) is 0 Å². The third kappa shape index (κ3) is 7.03. The lowest BCUT2D eigenvalue weighted by molar-refractivity contribution is 0.149. The fraction of sp³-hybridized carbons (Fsp3) is 0.250. The lowest BCUT2D eigenvalue weighted by Gasteiger charge is -2.11. The summed E-state index contributed by atoms with van der Waals surface area (Å²) in [6.07, 6.45) is 4.18. The minimum Gasteiger partial charge on any atom is -0.449 e. The van der Waals surface area contributed by atoms with Crippen molar-refractivity contribution in [1.82, 2.24) is 5.32 Å². The molecular formula is C20H23N3O2S. The molecule has 0 atom stereocenters. The van der Waals surface area contributed by atoms with Crippen LogP contribution in [0.15, 0.2) is 59.6 Å². The summed E-state index contributed by atoms with van der Waals surface area (Å²) in [4.78, 5) is 16.2. The highest BCUT2D eigenvalue weighted by atomic mass is 32.1. The number of carbonyl (C=O) groups is 1. The SMILES string of the molecule is CCCCCOC(=O)NC(=S)Nc1ccccc1/N=C/c1ccccc1. The lowest BCUT2D eigenvalue weighted by atomic mass is 10.2. The van der Waals surface area contributed by atoms with Crippen molar-refractivity contribution in [2.75, 3.05) is 11.9 Å². The number of thiocarbonyl (C=S) groups is 1. The van der Waals surface area contributed by atoms with Gasteiger partial charge in [0.05, 0.1) is 18.0 Å². The zero-order valence-corrected chi connectivity index (χ0v) is 15.6. The Hall–Kier alpha value is -2.73. The van der Waals surface area contributed by atoms with Crippen LogP contribution in [-0.4, -0.2) is 24.0 Å². The van der Waals surface area contributed by atoms with Crippen molar-refractivity contribution in [3.05, 3.63) is 60.2 Å². The van der Waals surface area contributed by atoms with Gasteiger partial charge in [-0.1, -0.05) is 62.2 Å². The Kier molecular flexibility index (Phi) is 8.29. The molecule has 0 saturated carbocycles. The second kappa shape index (κ2) is 11.0. The number of rotatable bonds is 7. The topological polar surface area (TPSA) is 62.7 Å². The Bertz CT molecular complexity index is 748. The molecule has 0 aliphatic carbocycles. The fourth-order valence-corrected chi connectivity index (χ4v) is 2.37. The third-order valence-corrected chi connectivity index (χ3v) is 3.71. The van der Waals surface area contributed by atoms with Gasteiger partial charge in [-0.05, 0) is 36.3 Å². The van der Waals surface area contributed by atoms with Gasteiger partial charge >= 0.3 is 6.09 Å². The molecule has 6 heteroatoms. The number of anilines is 1. The number of alkyl carbamates (subject to hydrolysis) is 1. The van der Waals surface area contributed by atoms with Crippen molar-refractivity contribution in [2.45, 2.75) is 26.2 Å². The largest absolute Gasteiger partial charge is 0.449 e. The second-order valence-electron chi connectivity index (χ2n) is 5.61. The molecule has 2 rings (SSSR count). The number of para-hydroxylation sites is 2. The zero-order valence-electron chi connectivity index (χ0n) is 14.8. The van der Waals surface area contributed by atoms with Gasteiger partial charge in [-0.25, -0.2) is 4.79 Å². The summed E-state index contributed by atoms with van der Waals surface area (Å²) in [5, 5.41) is 5.67. The Morgan fingerprint density at radius 3 is 2.62 bits per heavy atom. The molecule has 136 valence electrons. The van der Waals surface area contributed by atoms with Crippen LogP contribution in [0.4, 0.5) is 16.2 Å². The first-order valence-corrected chi connectivity index (χ1v) is 9.02. The van der Waals surface area contributed by atoms with Crippen molar-refractivity contribution in [1.29, 1.82) is 0 Å². The van der Waals surface area contributed by atoms with E-state index in [0.29, 0.717) is 12.3 Å². The van der Waals surface area contributed by atoms with Crippen LogP contribution in [0.25, 0.3) is 0 Å². The maximum absolute atomic E-state index is 11.7. The van der Waals surface area contributed by atoms with E-state index < -0.39 is 6.09 Å². The van der Waals surface area contributed by atoms with Crippen LogP contribution in [0.2, 0.25) is 0 Å². The van der Waals surface area contributed by atoms with E-state index in [2.05, 4.69) is 22.5 Å². The molecule has 0 radical (unpaired) electrons. The minimum atomic E-state index is -0.552. The summed E-state index contributed by atoms with van der Waals surface area (Å²) in [6.45, 7) is 2.48. The average molecular weight is 369 g/mol. The first-order chi connectivity index (χ1) is 12.7. The first-order valence-electron chi connectivity index (χ1n) is 8.62. The fourth-order valence-electron chi connectivity index (χ4n) is 2.17. The average Bonchev–Trinajstić information content (AvgIpc) is 2.65. The van der Waals surface area contributed by atoms with E-state index in [0.717, 1.165) is 30.5 Å². The molecule has 1 amide bonds. The molecule has 5 nitrogen and oxygen atoms in total. The number of aliphatic imine (C=N–C) groups is 1. The molecule has 0 unspecified atom stereocenters. The van der Waals surface area contributed by atoms with E-state index in [1.807, 2.05) is 54.6 Å². The number of hydrogen-bond donors (Lipinski definition) is 2. The summed E-state index contributed by atoms with van der Waals surface area (Å²) in [7, 11) is 0. The van der Waals surface area contributed by atoms with Gasteiger partial charge in [-0.3, -0.25) is 10.3 Å². The number of hydrogen-bond acceptors (Lipinski definition) is 4. The van der Waals surface area contributed by atoms with Crippen LogP contribution in [0.1, 0.15) is 31.7 Å². The van der Waals surface area contributed by atoms with E-state index >= 15 is 0 Å². The van der Waals surface area contributed by atoms with Crippen LogP contribution in [-0.2, 0) is 4.74 Å². The molecule has 0 spiro atoms. The molecule has 0 heterocycles. The molecule has 0 fully saturated rings.